The Morgan fingerprint density at radius 3 is 2.14 bits per heavy atom. The predicted molar refractivity (Wildman–Crippen MR) is 69.8 cm³/mol. The molecular formula is C12H16Br2. The zero-order valence-electron chi connectivity index (χ0n) is 8.74. The largest absolute Gasteiger partial charge is 0.0654 e. The van der Waals surface area contributed by atoms with Gasteiger partial charge in [-0.2, -0.15) is 0 Å². The first-order chi connectivity index (χ1) is 6.69. The third-order valence-electron chi connectivity index (χ3n) is 2.40. The summed E-state index contributed by atoms with van der Waals surface area (Å²) >= 11 is 7.24. The molecule has 0 bridgehead atoms. The summed E-state index contributed by atoms with van der Waals surface area (Å²) in [6.45, 7) is 4.40. The van der Waals surface area contributed by atoms with Gasteiger partial charge in [0.05, 0.1) is 0 Å². The summed E-state index contributed by atoms with van der Waals surface area (Å²) in [5.41, 5.74) is 2.79. The van der Waals surface area contributed by atoms with Crippen molar-refractivity contribution < 1.29 is 0 Å². The van der Waals surface area contributed by atoms with E-state index in [9.17, 15) is 0 Å². The molecule has 0 saturated heterocycles. The maximum absolute atomic E-state index is 3.63. The number of rotatable bonds is 4. The van der Waals surface area contributed by atoms with Gasteiger partial charge >= 0.3 is 0 Å². The van der Waals surface area contributed by atoms with Crippen LogP contribution >= 0.6 is 31.9 Å². The van der Waals surface area contributed by atoms with Crippen molar-refractivity contribution in [3.05, 3.63) is 32.2 Å². The topological polar surface area (TPSA) is 0 Å². The van der Waals surface area contributed by atoms with Gasteiger partial charge in [0.15, 0.2) is 0 Å². The van der Waals surface area contributed by atoms with Crippen LogP contribution in [0.25, 0.3) is 0 Å². The molecule has 0 aliphatic rings. The van der Waals surface area contributed by atoms with E-state index in [-0.39, 0.29) is 0 Å². The number of halogens is 2. The molecule has 1 aromatic carbocycles. The van der Waals surface area contributed by atoms with E-state index in [0.717, 1.165) is 6.42 Å². The summed E-state index contributed by atoms with van der Waals surface area (Å²) in [5, 5.41) is 0. The molecule has 0 unspecified atom stereocenters. The van der Waals surface area contributed by atoms with E-state index >= 15 is 0 Å². The maximum Gasteiger partial charge on any atom is 0.0210 e. The second-order valence-corrected chi connectivity index (χ2v) is 5.20. The van der Waals surface area contributed by atoms with Gasteiger partial charge in [-0.3, -0.25) is 0 Å². The first-order valence-corrected chi connectivity index (χ1v) is 6.74. The molecule has 2 heteroatoms. The van der Waals surface area contributed by atoms with Gasteiger partial charge in [0.2, 0.25) is 0 Å². The minimum absolute atomic E-state index is 1.08. The summed E-state index contributed by atoms with van der Waals surface area (Å²) < 4.78 is 2.50. The molecule has 0 amide bonds. The van der Waals surface area contributed by atoms with Gasteiger partial charge in [-0.05, 0) is 42.5 Å². The summed E-state index contributed by atoms with van der Waals surface area (Å²) in [6.07, 6.45) is 4.75. The lowest BCUT2D eigenvalue weighted by molar-refractivity contribution is 0.791. The van der Waals surface area contributed by atoms with Crippen molar-refractivity contribution in [3.63, 3.8) is 0 Å². The number of aryl methyl sites for hydroxylation is 2. The maximum atomic E-state index is 3.63. The average Bonchev–Trinajstić information content (AvgIpc) is 2.18. The molecule has 0 nitrogen and oxygen atoms in total. The van der Waals surface area contributed by atoms with Crippen LogP contribution in [-0.4, -0.2) is 0 Å². The van der Waals surface area contributed by atoms with Gasteiger partial charge in [-0.1, -0.05) is 52.1 Å². The second kappa shape index (κ2) is 5.92. The molecule has 1 rings (SSSR count). The van der Waals surface area contributed by atoms with Gasteiger partial charge in [-0.25, -0.2) is 0 Å². The molecule has 0 aliphatic carbocycles. The van der Waals surface area contributed by atoms with Gasteiger partial charge in [0, 0.05) is 8.95 Å². The molecule has 0 spiro atoms. The Kier molecular flexibility index (Phi) is 5.18. The number of hydrogen-bond acceptors (Lipinski definition) is 0. The lowest BCUT2D eigenvalue weighted by atomic mass is 10.1. The molecular weight excluding hydrogens is 304 g/mol. The fourth-order valence-corrected chi connectivity index (χ4v) is 2.72. The quantitative estimate of drug-likeness (QED) is 0.722. The molecule has 78 valence electrons. The van der Waals surface area contributed by atoms with Crippen molar-refractivity contribution in [1.29, 1.82) is 0 Å². The standard InChI is InChI=1S/C12H16Br2/c1-3-5-6-10-8-11(13)9(4-2)7-12(10)14/h7-8H,3-6H2,1-2H3. The summed E-state index contributed by atoms with van der Waals surface area (Å²) in [4.78, 5) is 0. The van der Waals surface area contributed by atoms with Crippen LogP contribution in [0.5, 0.6) is 0 Å². The van der Waals surface area contributed by atoms with Crippen molar-refractivity contribution in [3.8, 4) is 0 Å². The Morgan fingerprint density at radius 2 is 1.57 bits per heavy atom. The number of unbranched alkanes of at least 4 members (excludes halogenated alkanes) is 1. The summed E-state index contributed by atoms with van der Waals surface area (Å²) in [7, 11) is 0. The molecule has 0 aliphatic heterocycles. The van der Waals surface area contributed by atoms with Crippen LogP contribution in [0.2, 0.25) is 0 Å². The molecule has 0 aromatic heterocycles. The van der Waals surface area contributed by atoms with E-state index in [1.807, 2.05) is 0 Å². The molecule has 0 N–H and O–H groups in total. The molecule has 14 heavy (non-hydrogen) atoms. The minimum atomic E-state index is 1.08. The summed E-state index contributed by atoms with van der Waals surface area (Å²) in [5.74, 6) is 0. The van der Waals surface area contributed by atoms with Crippen LogP contribution in [0, 0.1) is 0 Å². The fourth-order valence-electron chi connectivity index (χ4n) is 1.46. The SMILES string of the molecule is CCCCc1cc(Br)c(CC)cc1Br. The molecule has 0 radical (unpaired) electrons. The van der Waals surface area contributed by atoms with Gasteiger partial charge in [0.1, 0.15) is 0 Å². The molecule has 0 fully saturated rings. The molecule has 0 atom stereocenters. The van der Waals surface area contributed by atoms with Crippen LogP contribution in [0.15, 0.2) is 21.1 Å². The van der Waals surface area contributed by atoms with E-state index < -0.39 is 0 Å². The van der Waals surface area contributed by atoms with E-state index in [4.69, 9.17) is 0 Å². The smallest absolute Gasteiger partial charge is 0.0210 e. The Morgan fingerprint density at radius 1 is 1.00 bits per heavy atom. The first kappa shape index (κ1) is 12.3. The van der Waals surface area contributed by atoms with E-state index in [2.05, 4.69) is 57.8 Å². The zero-order chi connectivity index (χ0) is 10.6. The molecule has 1 aromatic rings. The highest BCUT2D eigenvalue weighted by Gasteiger charge is 2.04. The third kappa shape index (κ3) is 3.09. The first-order valence-electron chi connectivity index (χ1n) is 5.15. The van der Waals surface area contributed by atoms with E-state index in [1.165, 1.54) is 39.3 Å². The number of benzene rings is 1. The second-order valence-electron chi connectivity index (χ2n) is 3.49. The van der Waals surface area contributed by atoms with Crippen molar-refractivity contribution in [2.45, 2.75) is 39.5 Å². The van der Waals surface area contributed by atoms with Crippen molar-refractivity contribution in [2.75, 3.05) is 0 Å². The van der Waals surface area contributed by atoms with Crippen molar-refractivity contribution in [1.82, 2.24) is 0 Å². The Labute approximate surface area is 103 Å². The van der Waals surface area contributed by atoms with E-state index in [0.29, 0.717) is 0 Å². The van der Waals surface area contributed by atoms with Crippen molar-refractivity contribution in [2.24, 2.45) is 0 Å². The average molecular weight is 320 g/mol. The fraction of sp³-hybridized carbons (Fsp3) is 0.500. The Bertz CT molecular complexity index is 305. The summed E-state index contributed by atoms with van der Waals surface area (Å²) in [6, 6.07) is 4.48. The van der Waals surface area contributed by atoms with Gasteiger partial charge in [-0.15, -0.1) is 0 Å². The van der Waals surface area contributed by atoms with Crippen LogP contribution in [0.4, 0.5) is 0 Å². The van der Waals surface area contributed by atoms with Gasteiger partial charge in [0.25, 0.3) is 0 Å². The normalized spacial score (nSPS) is 10.6. The van der Waals surface area contributed by atoms with Crippen molar-refractivity contribution >= 4 is 31.9 Å². The predicted octanol–water partition coefficient (Wildman–Crippen LogP) is 5.12. The number of hydrogen-bond donors (Lipinski definition) is 0. The Balaban J connectivity index is 2.90. The van der Waals surface area contributed by atoms with Crippen LogP contribution in [0.3, 0.4) is 0 Å². The Hall–Kier alpha value is 0.180. The van der Waals surface area contributed by atoms with Crippen LogP contribution < -0.4 is 0 Å². The molecule has 0 saturated carbocycles. The lowest BCUT2D eigenvalue weighted by Gasteiger charge is -2.08. The van der Waals surface area contributed by atoms with Gasteiger partial charge < -0.3 is 0 Å². The van der Waals surface area contributed by atoms with Crippen LogP contribution in [-0.2, 0) is 12.8 Å². The minimum Gasteiger partial charge on any atom is -0.0654 e. The zero-order valence-corrected chi connectivity index (χ0v) is 11.9. The van der Waals surface area contributed by atoms with Crippen LogP contribution in [0.1, 0.15) is 37.8 Å². The van der Waals surface area contributed by atoms with E-state index in [1.54, 1.807) is 0 Å². The lowest BCUT2D eigenvalue weighted by Crippen LogP contribution is -1.91. The molecule has 0 heterocycles. The monoisotopic (exact) mass is 318 g/mol. The highest BCUT2D eigenvalue weighted by Crippen LogP contribution is 2.27. The third-order valence-corrected chi connectivity index (χ3v) is 3.87. The highest BCUT2D eigenvalue weighted by molar-refractivity contribution is 9.11. The highest BCUT2D eigenvalue weighted by atomic mass is 79.9.